The van der Waals surface area contributed by atoms with Crippen LogP contribution in [-0.4, -0.2) is 9.55 Å². The standard InChI is InChI=1S/C12H10N2O2/c1-14-9(10-4-2-6-15-10)8-13-12(14)11-5-3-7-16-11/h2-8H,1H3. The summed E-state index contributed by atoms with van der Waals surface area (Å²) < 4.78 is 12.6. The molecule has 0 aliphatic carbocycles. The summed E-state index contributed by atoms with van der Waals surface area (Å²) in [5.74, 6) is 2.34. The van der Waals surface area contributed by atoms with Gasteiger partial charge >= 0.3 is 0 Å². The van der Waals surface area contributed by atoms with Gasteiger partial charge in [-0.1, -0.05) is 0 Å². The van der Waals surface area contributed by atoms with Gasteiger partial charge in [-0.05, 0) is 24.3 Å². The van der Waals surface area contributed by atoms with Gasteiger partial charge in [0.1, 0.15) is 5.69 Å². The van der Waals surface area contributed by atoms with Crippen molar-refractivity contribution in [3.8, 4) is 23.0 Å². The van der Waals surface area contributed by atoms with Crippen molar-refractivity contribution in [3.63, 3.8) is 0 Å². The molecule has 0 aromatic carbocycles. The lowest BCUT2D eigenvalue weighted by molar-refractivity contribution is 0.569. The fraction of sp³-hybridized carbons (Fsp3) is 0.0833. The summed E-state index contributed by atoms with van der Waals surface area (Å²) in [6.45, 7) is 0. The molecule has 3 rings (SSSR count). The Morgan fingerprint density at radius 2 is 1.75 bits per heavy atom. The Hall–Kier alpha value is -2.23. The minimum Gasteiger partial charge on any atom is -0.463 e. The Labute approximate surface area is 92.1 Å². The molecule has 3 aromatic rings. The van der Waals surface area contributed by atoms with Gasteiger partial charge in [0.15, 0.2) is 17.3 Å². The fourth-order valence-corrected chi connectivity index (χ4v) is 1.70. The van der Waals surface area contributed by atoms with Gasteiger partial charge in [-0.25, -0.2) is 4.98 Å². The lowest BCUT2D eigenvalue weighted by Crippen LogP contribution is -1.93. The van der Waals surface area contributed by atoms with Gasteiger partial charge in [-0.3, -0.25) is 0 Å². The van der Waals surface area contributed by atoms with Crippen molar-refractivity contribution in [2.45, 2.75) is 0 Å². The van der Waals surface area contributed by atoms with Crippen LogP contribution in [0, 0.1) is 0 Å². The van der Waals surface area contributed by atoms with E-state index in [1.54, 1.807) is 18.7 Å². The molecule has 0 aliphatic heterocycles. The normalized spacial score (nSPS) is 10.8. The molecule has 0 saturated carbocycles. The zero-order valence-electron chi connectivity index (χ0n) is 8.75. The quantitative estimate of drug-likeness (QED) is 0.658. The van der Waals surface area contributed by atoms with Crippen molar-refractivity contribution in [2.75, 3.05) is 0 Å². The van der Waals surface area contributed by atoms with Crippen LogP contribution in [0.1, 0.15) is 0 Å². The van der Waals surface area contributed by atoms with Gasteiger partial charge in [0.25, 0.3) is 0 Å². The SMILES string of the molecule is Cn1c(-c2ccco2)cnc1-c1ccco1. The van der Waals surface area contributed by atoms with Crippen molar-refractivity contribution in [2.24, 2.45) is 7.05 Å². The van der Waals surface area contributed by atoms with Crippen LogP contribution in [0.4, 0.5) is 0 Å². The van der Waals surface area contributed by atoms with Gasteiger partial charge in [-0.2, -0.15) is 0 Å². The third kappa shape index (κ3) is 1.27. The minimum atomic E-state index is 0.750. The van der Waals surface area contributed by atoms with Gasteiger partial charge in [0, 0.05) is 7.05 Å². The van der Waals surface area contributed by atoms with Crippen LogP contribution in [0.2, 0.25) is 0 Å². The summed E-state index contributed by atoms with van der Waals surface area (Å²) in [6.07, 6.45) is 5.06. The molecule has 0 unspecified atom stereocenters. The summed E-state index contributed by atoms with van der Waals surface area (Å²) >= 11 is 0. The van der Waals surface area contributed by atoms with Crippen molar-refractivity contribution in [1.29, 1.82) is 0 Å². The lowest BCUT2D eigenvalue weighted by Gasteiger charge is -2.01. The highest BCUT2D eigenvalue weighted by Crippen LogP contribution is 2.25. The monoisotopic (exact) mass is 214 g/mol. The highest BCUT2D eigenvalue weighted by molar-refractivity contribution is 5.58. The number of hydrogen-bond donors (Lipinski definition) is 0. The second kappa shape index (κ2) is 3.41. The van der Waals surface area contributed by atoms with E-state index in [1.807, 2.05) is 35.9 Å². The number of aromatic nitrogens is 2. The molecule has 0 spiro atoms. The first kappa shape index (κ1) is 9.03. The molecule has 0 atom stereocenters. The number of hydrogen-bond acceptors (Lipinski definition) is 3. The van der Waals surface area contributed by atoms with Crippen LogP contribution in [0.5, 0.6) is 0 Å². The van der Waals surface area contributed by atoms with E-state index in [1.165, 1.54) is 0 Å². The maximum absolute atomic E-state index is 5.34. The van der Waals surface area contributed by atoms with Crippen molar-refractivity contribution < 1.29 is 8.83 Å². The van der Waals surface area contributed by atoms with Gasteiger partial charge in [-0.15, -0.1) is 0 Å². The number of rotatable bonds is 2. The largest absolute Gasteiger partial charge is 0.463 e. The number of nitrogens with zero attached hydrogens (tertiary/aromatic N) is 2. The molecule has 0 bridgehead atoms. The Kier molecular flexibility index (Phi) is 1.93. The molecule has 0 saturated heterocycles. The Morgan fingerprint density at radius 3 is 2.38 bits per heavy atom. The topological polar surface area (TPSA) is 44.1 Å². The molecule has 0 aliphatic rings. The van der Waals surface area contributed by atoms with Crippen molar-refractivity contribution in [1.82, 2.24) is 9.55 Å². The van der Waals surface area contributed by atoms with Gasteiger partial charge in [0.05, 0.1) is 18.7 Å². The van der Waals surface area contributed by atoms with E-state index < -0.39 is 0 Å². The Balaban J connectivity index is 2.12. The predicted octanol–water partition coefficient (Wildman–Crippen LogP) is 2.94. The summed E-state index contributed by atoms with van der Waals surface area (Å²) in [5, 5.41) is 0. The molecule has 3 aromatic heterocycles. The second-order valence-corrected chi connectivity index (χ2v) is 3.48. The van der Waals surface area contributed by atoms with Gasteiger partial charge < -0.3 is 13.4 Å². The van der Waals surface area contributed by atoms with Crippen LogP contribution >= 0.6 is 0 Å². The van der Waals surface area contributed by atoms with E-state index in [-0.39, 0.29) is 0 Å². The average molecular weight is 214 g/mol. The van der Waals surface area contributed by atoms with Crippen LogP contribution < -0.4 is 0 Å². The van der Waals surface area contributed by atoms with E-state index in [9.17, 15) is 0 Å². The Bertz CT molecular complexity index is 525. The zero-order chi connectivity index (χ0) is 11.0. The molecular weight excluding hydrogens is 204 g/mol. The number of furan rings is 2. The third-order valence-corrected chi connectivity index (χ3v) is 2.50. The van der Waals surface area contributed by atoms with E-state index in [0.29, 0.717) is 0 Å². The summed E-state index contributed by atoms with van der Waals surface area (Å²) in [7, 11) is 1.93. The molecule has 0 amide bonds. The van der Waals surface area contributed by atoms with Crippen LogP contribution in [0.25, 0.3) is 23.0 Å². The molecule has 0 N–H and O–H groups in total. The van der Waals surface area contributed by atoms with Crippen LogP contribution in [0.3, 0.4) is 0 Å². The summed E-state index contributed by atoms with van der Waals surface area (Å²) in [4.78, 5) is 4.32. The first-order valence-corrected chi connectivity index (χ1v) is 4.96. The van der Waals surface area contributed by atoms with Crippen LogP contribution in [-0.2, 0) is 7.05 Å². The highest BCUT2D eigenvalue weighted by atomic mass is 16.3. The highest BCUT2D eigenvalue weighted by Gasteiger charge is 2.13. The minimum absolute atomic E-state index is 0.750. The first-order chi connectivity index (χ1) is 7.86. The Morgan fingerprint density at radius 1 is 1.06 bits per heavy atom. The van der Waals surface area contributed by atoms with Gasteiger partial charge in [0.2, 0.25) is 0 Å². The average Bonchev–Trinajstić information content (AvgIpc) is 2.96. The zero-order valence-corrected chi connectivity index (χ0v) is 8.75. The summed E-state index contributed by atoms with van der Waals surface area (Å²) in [6, 6.07) is 7.49. The van der Waals surface area contributed by atoms with Crippen molar-refractivity contribution >= 4 is 0 Å². The van der Waals surface area contributed by atoms with E-state index >= 15 is 0 Å². The first-order valence-electron chi connectivity index (χ1n) is 4.96. The molecule has 4 heteroatoms. The molecule has 0 fully saturated rings. The summed E-state index contributed by atoms with van der Waals surface area (Å²) in [5.41, 5.74) is 0.927. The lowest BCUT2D eigenvalue weighted by atomic mass is 10.3. The third-order valence-electron chi connectivity index (χ3n) is 2.50. The maximum Gasteiger partial charge on any atom is 0.176 e. The van der Waals surface area contributed by atoms with E-state index in [4.69, 9.17) is 8.83 Å². The van der Waals surface area contributed by atoms with Crippen LogP contribution in [0.15, 0.2) is 51.8 Å². The molecule has 4 nitrogen and oxygen atoms in total. The predicted molar refractivity (Wildman–Crippen MR) is 58.6 cm³/mol. The molecule has 0 radical (unpaired) electrons. The number of imidazole rings is 1. The molecule has 16 heavy (non-hydrogen) atoms. The molecule has 80 valence electrons. The fourth-order valence-electron chi connectivity index (χ4n) is 1.70. The smallest absolute Gasteiger partial charge is 0.176 e. The second-order valence-electron chi connectivity index (χ2n) is 3.48. The maximum atomic E-state index is 5.34. The molecule has 3 heterocycles. The van der Waals surface area contributed by atoms with E-state index in [2.05, 4.69) is 4.98 Å². The molecular formula is C12H10N2O2. The van der Waals surface area contributed by atoms with Crippen molar-refractivity contribution in [3.05, 3.63) is 43.0 Å². The van der Waals surface area contributed by atoms with E-state index in [0.717, 1.165) is 23.0 Å².